The number of nitrogens with zero attached hydrogens (tertiary/aromatic N) is 5. The molecule has 2 fully saturated rings. The second kappa shape index (κ2) is 15.6. The molecule has 260 valence electrons. The molecule has 0 aliphatic carbocycles. The highest BCUT2D eigenvalue weighted by atomic mass is 16.2. The molecule has 0 radical (unpaired) electrons. The fraction of sp³-hybridized carbons (Fsp3) is 0.310. The van der Waals surface area contributed by atoms with Crippen LogP contribution in [0.2, 0.25) is 0 Å². The first kappa shape index (κ1) is 34.1. The number of hydrogen-bond acceptors (Lipinski definition) is 7. The van der Waals surface area contributed by atoms with Crippen molar-refractivity contribution in [3.05, 3.63) is 132 Å². The zero-order chi connectivity index (χ0) is 35.2. The molecule has 9 nitrogen and oxygen atoms in total. The third-order valence-electron chi connectivity index (χ3n) is 10.4. The SMILES string of the molecule is Cc1c(C(=O)NC2CCN(Cc3ccc(N4CCC(NC(=O)c5cccc(-c6cccnc6)c5C)CC4)nc3)CC2)cccc1-c1cccnc1. The Balaban J connectivity index is 0.859. The number of anilines is 1. The van der Waals surface area contributed by atoms with Crippen LogP contribution in [0.4, 0.5) is 5.82 Å². The van der Waals surface area contributed by atoms with Gasteiger partial charge in [-0.05, 0) is 97.7 Å². The number of rotatable bonds is 9. The molecule has 0 unspecified atom stereocenters. The number of nitrogens with one attached hydrogen (secondary N) is 2. The maximum atomic E-state index is 13.3. The normalized spacial score (nSPS) is 15.8. The van der Waals surface area contributed by atoms with Crippen molar-refractivity contribution in [3.63, 3.8) is 0 Å². The summed E-state index contributed by atoms with van der Waals surface area (Å²) in [6.07, 6.45) is 12.8. The second-order valence-corrected chi connectivity index (χ2v) is 13.7. The van der Waals surface area contributed by atoms with Gasteiger partial charge in [0, 0.05) is 98.0 Å². The zero-order valence-corrected chi connectivity index (χ0v) is 29.4. The second-order valence-electron chi connectivity index (χ2n) is 13.7. The summed E-state index contributed by atoms with van der Waals surface area (Å²) >= 11 is 0. The highest BCUT2D eigenvalue weighted by molar-refractivity contribution is 5.98. The Morgan fingerprint density at radius 2 is 1.18 bits per heavy atom. The third-order valence-corrected chi connectivity index (χ3v) is 10.4. The number of likely N-dealkylation sites (tertiary alicyclic amines) is 1. The molecule has 7 rings (SSSR count). The number of hydrogen-bond donors (Lipinski definition) is 2. The van der Waals surface area contributed by atoms with Gasteiger partial charge in [-0.2, -0.15) is 0 Å². The molecule has 51 heavy (non-hydrogen) atoms. The van der Waals surface area contributed by atoms with Gasteiger partial charge in [0.2, 0.25) is 0 Å². The van der Waals surface area contributed by atoms with E-state index >= 15 is 0 Å². The van der Waals surface area contributed by atoms with E-state index < -0.39 is 0 Å². The minimum Gasteiger partial charge on any atom is -0.356 e. The number of amides is 2. The molecule has 0 spiro atoms. The van der Waals surface area contributed by atoms with E-state index in [0.29, 0.717) is 5.56 Å². The van der Waals surface area contributed by atoms with Gasteiger partial charge in [-0.25, -0.2) is 4.98 Å². The molecule has 5 heterocycles. The van der Waals surface area contributed by atoms with Crippen LogP contribution >= 0.6 is 0 Å². The van der Waals surface area contributed by atoms with Crippen molar-refractivity contribution in [3.8, 4) is 22.3 Å². The largest absolute Gasteiger partial charge is 0.356 e. The van der Waals surface area contributed by atoms with Gasteiger partial charge in [-0.3, -0.25) is 24.5 Å². The fourth-order valence-corrected chi connectivity index (χ4v) is 7.40. The summed E-state index contributed by atoms with van der Waals surface area (Å²) in [5.41, 5.74) is 8.65. The van der Waals surface area contributed by atoms with Crippen molar-refractivity contribution in [1.29, 1.82) is 0 Å². The Hall–Kier alpha value is -5.41. The smallest absolute Gasteiger partial charge is 0.251 e. The predicted octanol–water partition coefficient (Wildman–Crippen LogP) is 6.62. The number of carbonyl (C=O) groups excluding carboxylic acids is 2. The first-order valence-corrected chi connectivity index (χ1v) is 18.0. The van der Waals surface area contributed by atoms with Crippen LogP contribution in [0.15, 0.2) is 104 Å². The summed E-state index contributed by atoms with van der Waals surface area (Å²) in [5.74, 6) is 0.949. The lowest BCUT2D eigenvalue weighted by Gasteiger charge is -2.34. The molecule has 3 aromatic heterocycles. The van der Waals surface area contributed by atoms with Gasteiger partial charge in [0.1, 0.15) is 5.82 Å². The topological polar surface area (TPSA) is 103 Å². The molecule has 9 heteroatoms. The summed E-state index contributed by atoms with van der Waals surface area (Å²) in [5, 5.41) is 6.57. The van der Waals surface area contributed by atoms with Gasteiger partial charge in [-0.1, -0.05) is 42.5 Å². The van der Waals surface area contributed by atoms with Gasteiger partial charge in [-0.15, -0.1) is 0 Å². The van der Waals surface area contributed by atoms with Crippen LogP contribution in [-0.4, -0.2) is 69.9 Å². The number of carbonyl (C=O) groups is 2. The molecular formula is C42H45N7O2. The highest BCUT2D eigenvalue weighted by Crippen LogP contribution is 2.27. The van der Waals surface area contributed by atoms with Gasteiger partial charge in [0.05, 0.1) is 0 Å². The van der Waals surface area contributed by atoms with E-state index in [2.05, 4.69) is 42.5 Å². The van der Waals surface area contributed by atoms with Crippen molar-refractivity contribution in [1.82, 2.24) is 30.5 Å². The maximum absolute atomic E-state index is 13.3. The molecule has 0 bridgehead atoms. The van der Waals surface area contributed by atoms with Crippen LogP contribution in [-0.2, 0) is 6.54 Å². The average molecular weight is 680 g/mol. The monoisotopic (exact) mass is 679 g/mol. The van der Waals surface area contributed by atoms with Crippen LogP contribution in [0.3, 0.4) is 0 Å². The number of pyridine rings is 3. The molecule has 2 aliphatic heterocycles. The third kappa shape index (κ3) is 7.99. The van der Waals surface area contributed by atoms with Crippen LogP contribution in [0, 0.1) is 13.8 Å². The van der Waals surface area contributed by atoms with Crippen LogP contribution in [0.5, 0.6) is 0 Å². The van der Waals surface area contributed by atoms with Gasteiger partial charge >= 0.3 is 0 Å². The number of piperidine rings is 2. The minimum absolute atomic E-state index is 0.00966. The van der Waals surface area contributed by atoms with E-state index in [4.69, 9.17) is 4.98 Å². The lowest BCUT2D eigenvalue weighted by atomic mass is 9.96. The van der Waals surface area contributed by atoms with Crippen LogP contribution < -0.4 is 15.5 Å². The standard InChI is InChI=1S/C42H45N7O2/c1-29-36(32-7-5-19-43-26-32)9-3-11-38(29)41(50)46-34-15-21-48(22-16-34)28-31-13-14-40(45-25-31)49-23-17-35(18-24-49)47-42(51)39-12-4-10-37(30(39)2)33-8-6-20-44-27-33/h3-14,19-20,25-27,34-35H,15-18,21-24,28H2,1-2H3,(H,46,50)(H,47,51). The van der Waals surface area contributed by atoms with Crippen molar-refractivity contribution < 1.29 is 9.59 Å². The Kier molecular flexibility index (Phi) is 10.4. The average Bonchev–Trinajstić information content (AvgIpc) is 3.17. The van der Waals surface area contributed by atoms with E-state index in [0.717, 1.165) is 103 Å². The first-order valence-electron chi connectivity index (χ1n) is 18.0. The van der Waals surface area contributed by atoms with Gasteiger partial charge in [0.25, 0.3) is 11.8 Å². The van der Waals surface area contributed by atoms with E-state index in [1.807, 2.05) is 93.1 Å². The van der Waals surface area contributed by atoms with Crippen molar-refractivity contribution in [2.45, 2.75) is 58.2 Å². The summed E-state index contributed by atoms with van der Waals surface area (Å²) < 4.78 is 0. The van der Waals surface area contributed by atoms with E-state index in [9.17, 15) is 9.59 Å². The summed E-state index contributed by atoms with van der Waals surface area (Å²) in [6.45, 7) is 8.40. The molecule has 2 saturated heterocycles. The van der Waals surface area contributed by atoms with Crippen molar-refractivity contribution >= 4 is 17.6 Å². The Labute approximate surface area is 300 Å². The molecule has 2 aromatic carbocycles. The van der Waals surface area contributed by atoms with Crippen molar-refractivity contribution in [2.24, 2.45) is 0 Å². The molecule has 2 amide bonds. The lowest BCUT2D eigenvalue weighted by Crippen LogP contribution is -2.45. The maximum Gasteiger partial charge on any atom is 0.251 e. The molecule has 2 N–H and O–H groups in total. The van der Waals surface area contributed by atoms with Gasteiger partial charge < -0.3 is 15.5 Å². The summed E-state index contributed by atoms with van der Waals surface area (Å²) in [7, 11) is 0. The number of aromatic nitrogens is 3. The zero-order valence-electron chi connectivity index (χ0n) is 29.4. The summed E-state index contributed by atoms with van der Waals surface area (Å²) in [4.78, 5) is 44.6. The molecule has 2 aliphatic rings. The molecule has 5 aromatic rings. The highest BCUT2D eigenvalue weighted by Gasteiger charge is 2.25. The Morgan fingerprint density at radius 3 is 1.65 bits per heavy atom. The molecular weight excluding hydrogens is 635 g/mol. The van der Waals surface area contributed by atoms with E-state index in [1.54, 1.807) is 12.4 Å². The Bertz CT molecular complexity index is 1950. The predicted molar refractivity (Wildman–Crippen MR) is 202 cm³/mol. The quantitative estimate of drug-likeness (QED) is 0.181. The van der Waals surface area contributed by atoms with E-state index in [1.165, 1.54) is 5.56 Å². The minimum atomic E-state index is -0.0211. The van der Waals surface area contributed by atoms with Crippen LogP contribution in [0.25, 0.3) is 22.3 Å². The molecule has 0 saturated carbocycles. The van der Waals surface area contributed by atoms with Crippen LogP contribution in [0.1, 0.15) is 63.1 Å². The first-order chi connectivity index (χ1) is 24.9. The number of benzene rings is 2. The molecule has 0 atom stereocenters. The summed E-state index contributed by atoms with van der Waals surface area (Å²) in [6, 6.07) is 24.2. The fourth-order valence-electron chi connectivity index (χ4n) is 7.40. The Morgan fingerprint density at radius 1 is 0.647 bits per heavy atom. The van der Waals surface area contributed by atoms with Gasteiger partial charge in [0.15, 0.2) is 0 Å². The van der Waals surface area contributed by atoms with E-state index in [-0.39, 0.29) is 23.9 Å². The van der Waals surface area contributed by atoms with Crippen molar-refractivity contribution in [2.75, 3.05) is 31.1 Å². The lowest BCUT2D eigenvalue weighted by molar-refractivity contribution is 0.0905.